The lowest BCUT2D eigenvalue weighted by molar-refractivity contribution is 0.164. The fraction of sp³-hybridized carbons (Fsp3) is 0.263. The maximum atomic E-state index is 6.34. The number of ether oxygens (including phenoxy) is 1. The van der Waals surface area contributed by atoms with Crippen molar-refractivity contribution in [3.8, 4) is 16.9 Å². The predicted octanol–water partition coefficient (Wildman–Crippen LogP) is 3.43. The summed E-state index contributed by atoms with van der Waals surface area (Å²) >= 11 is 0. The van der Waals surface area contributed by atoms with Gasteiger partial charge in [0.15, 0.2) is 0 Å². The Labute approximate surface area is 135 Å². The maximum absolute atomic E-state index is 6.34. The monoisotopic (exact) mass is 305 g/mol. The molecule has 1 fully saturated rings. The zero-order valence-electron chi connectivity index (χ0n) is 12.9. The van der Waals surface area contributed by atoms with Gasteiger partial charge in [0.25, 0.3) is 0 Å². The van der Waals surface area contributed by atoms with Crippen LogP contribution >= 0.6 is 0 Å². The fourth-order valence-corrected chi connectivity index (χ4v) is 3.07. The summed E-state index contributed by atoms with van der Waals surface area (Å²) < 4.78 is 6.34. The molecule has 1 aliphatic rings. The van der Waals surface area contributed by atoms with Crippen LogP contribution in [0.15, 0.2) is 55.1 Å². The van der Waals surface area contributed by atoms with E-state index in [1.165, 1.54) is 0 Å². The second-order valence-electron chi connectivity index (χ2n) is 5.87. The topological polar surface area (TPSA) is 47.0 Å². The van der Waals surface area contributed by atoms with Gasteiger partial charge in [0, 0.05) is 30.2 Å². The van der Waals surface area contributed by atoms with E-state index in [4.69, 9.17) is 4.74 Å². The number of hydrogen-bond donors (Lipinski definition) is 1. The van der Waals surface area contributed by atoms with E-state index in [1.54, 1.807) is 0 Å². The Balaban J connectivity index is 1.77. The summed E-state index contributed by atoms with van der Waals surface area (Å²) in [5.74, 6) is 0.925. The molecule has 2 aromatic heterocycles. The van der Waals surface area contributed by atoms with Crippen molar-refractivity contribution in [2.75, 3.05) is 13.1 Å². The van der Waals surface area contributed by atoms with Gasteiger partial charge in [-0.3, -0.25) is 9.97 Å². The Morgan fingerprint density at radius 3 is 2.52 bits per heavy atom. The van der Waals surface area contributed by atoms with Gasteiger partial charge >= 0.3 is 0 Å². The van der Waals surface area contributed by atoms with Crippen molar-refractivity contribution >= 4 is 10.8 Å². The van der Waals surface area contributed by atoms with Crippen LogP contribution in [-0.2, 0) is 0 Å². The van der Waals surface area contributed by atoms with Crippen molar-refractivity contribution in [2.24, 2.45) is 0 Å². The normalized spacial score (nSPS) is 15.7. The zero-order valence-corrected chi connectivity index (χ0v) is 12.9. The van der Waals surface area contributed by atoms with E-state index < -0.39 is 0 Å². The summed E-state index contributed by atoms with van der Waals surface area (Å²) in [7, 11) is 0. The molecule has 1 N–H and O–H groups in total. The number of piperidine rings is 1. The molecule has 1 aliphatic heterocycles. The molecule has 1 saturated heterocycles. The first-order valence-corrected chi connectivity index (χ1v) is 8.06. The van der Waals surface area contributed by atoms with Gasteiger partial charge in [0.1, 0.15) is 11.9 Å². The summed E-state index contributed by atoms with van der Waals surface area (Å²) in [5, 5.41) is 5.60. The van der Waals surface area contributed by atoms with Gasteiger partial charge in [-0.1, -0.05) is 0 Å². The highest BCUT2D eigenvalue weighted by Gasteiger charge is 2.16. The standard InChI is InChI=1S/C19H19N3O/c1-6-20-7-2-14(1)16-11-15-3-8-22-13-18(15)19(12-16)23-17-4-9-21-10-5-17/h1-3,6-8,11-13,17,21H,4-5,9-10H2. The number of fused-ring (bicyclic) bond motifs is 1. The van der Waals surface area contributed by atoms with Crippen molar-refractivity contribution in [1.29, 1.82) is 0 Å². The van der Waals surface area contributed by atoms with E-state index in [0.29, 0.717) is 0 Å². The summed E-state index contributed by atoms with van der Waals surface area (Å²) in [6, 6.07) is 10.4. The van der Waals surface area contributed by atoms with Gasteiger partial charge in [-0.05, 0) is 72.8 Å². The van der Waals surface area contributed by atoms with Gasteiger partial charge < -0.3 is 10.1 Å². The first kappa shape index (κ1) is 14.2. The van der Waals surface area contributed by atoms with Gasteiger partial charge in [-0.25, -0.2) is 0 Å². The third-order valence-electron chi connectivity index (χ3n) is 4.31. The molecule has 4 rings (SSSR count). The molecule has 0 unspecified atom stereocenters. The molecular formula is C19H19N3O. The lowest BCUT2D eigenvalue weighted by Gasteiger charge is -2.24. The number of benzene rings is 1. The van der Waals surface area contributed by atoms with E-state index in [0.717, 1.165) is 53.6 Å². The first-order chi connectivity index (χ1) is 11.4. The van der Waals surface area contributed by atoms with E-state index >= 15 is 0 Å². The van der Waals surface area contributed by atoms with Crippen LogP contribution in [0.5, 0.6) is 5.75 Å². The average Bonchev–Trinajstić information content (AvgIpc) is 2.63. The molecule has 0 spiro atoms. The summed E-state index contributed by atoms with van der Waals surface area (Å²) in [6.45, 7) is 2.04. The van der Waals surface area contributed by atoms with Gasteiger partial charge in [-0.2, -0.15) is 0 Å². The lowest BCUT2D eigenvalue weighted by Crippen LogP contribution is -2.34. The van der Waals surface area contributed by atoms with E-state index in [-0.39, 0.29) is 6.10 Å². The molecule has 1 aromatic carbocycles. The quantitative estimate of drug-likeness (QED) is 0.805. The first-order valence-electron chi connectivity index (χ1n) is 8.06. The lowest BCUT2D eigenvalue weighted by atomic mass is 10.0. The molecule has 0 saturated carbocycles. The highest BCUT2D eigenvalue weighted by molar-refractivity contribution is 5.92. The van der Waals surface area contributed by atoms with Gasteiger partial charge in [-0.15, -0.1) is 0 Å². The van der Waals surface area contributed by atoms with Crippen molar-refractivity contribution in [2.45, 2.75) is 18.9 Å². The van der Waals surface area contributed by atoms with Crippen molar-refractivity contribution in [3.63, 3.8) is 0 Å². The van der Waals surface area contributed by atoms with Crippen molar-refractivity contribution in [1.82, 2.24) is 15.3 Å². The molecule has 0 bridgehead atoms. The molecule has 4 heteroatoms. The number of pyridine rings is 2. The van der Waals surface area contributed by atoms with Crippen LogP contribution < -0.4 is 10.1 Å². The molecule has 3 heterocycles. The summed E-state index contributed by atoms with van der Waals surface area (Å²) in [5.41, 5.74) is 2.30. The zero-order chi connectivity index (χ0) is 15.5. The third-order valence-corrected chi connectivity index (χ3v) is 4.31. The Morgan fingerprint density at radius 1 is 0.913 bits per heavy atom. The maximum Gasteiger partial charge on any atom is 0.129 e. The minimum Gasteiger partial charge on any atom is -0.490 e. The van der Waals surface area contributed by atoms with Crippen LogP contribution in [0.4, 0.5) is 0 Å². The van der Waals surface area contributed by atoms with E-state index in [1.807, 2.05) is 43.0 Å². The number of nitrogens with zero attached hydrogens (tertiary/aromatic N) is 2. The predicted molar refractivity (Wildman–Crippen MR) is 91.5 cm³/mol. The third kappa shape index (κ3) is 3.03. The van der Waals surface area contributed by atoms with Crippen molar-refractivity contribution in [3.05, 3.63) is 55.1 Å². The summed E-state index contributed by atoms with van der Waals surface area (Å²) in [6.07, 6.45) is 9.71. The van der Waals surface area contributed by atoms with Crippen LogP contribution in [-0.4, -0.2) is 29.2 Å². The molecule has 3 aromatic rings. The molecule has 23 heavy (non-hydrogen) atoms. The molecular weight excluding hydrogens is 286 g/mol. The van der Waals surface area contributed by atoms with Crippen LogP contribution in [0.25, 0.3) is 21.9 Å². The van der Waals surface area contributed by atoms with Gasteiger partial charge in [0.2, 0.25) is 0 Å². The molecule has 0 aliphatic carbocycles. The Bertz CT molecular complexity index is 798. The van der Waals surface area contributed by atoms with Crippen LogP contribution in [0.3, 0.4) is 0 Å². The number of aromatic nitrogens is 2. The SMILES string of the molecule is c1cc(-c2cc(OC3CCNCC3)c3cnccc3c2)ccn1. The van der Waals surface area contributed by atoms with Crippen molar-refractivity contribution < 1.29 is 4.74 Å². The van der Waals surface area contributed by atoms with Gasteiger partial charge in [0.05, 0.1) is 0 Å². The smallest absolute Gasteiger partial charge is 0.129 e. The average molecular weight is 305 g/mol. The van der Waals surface area contributed by atoms with Crippen LogP contribution in [0.1, 0.15) is 12.8 Å². The number of hydrogen-bond acceptors (Lipinski definition) is 4. The van der Waals surface area contributed by atoms with Crippen LogP contribution in [0.2, 0.25) is 0 Å². The van der Waals surface area contributed by atoms with E-state index in [9.17, 15) is 0 Å². The highest BCUT2D eigenvalue weighted by atomic mass is 16.5. The minimum atomic E-state index is 0.271. The second kappa shape index (κ2) is 6.34. The molecule has 4 nitrogen and oxygen atoms in total. The number of nitrogens with one attached hydrogen (secondary N) is 1. The van der Waals surface area contributed by atoms with Crippen LogP contribution in [0, 0.1) is 0 Å². The summed E-state index contributed by atoms with van der Waals surface area (Å²) in [4.78, 5) is 8.37. The molecule has 116 valence electrons. The second-order valence-corrected chi connectivity index (χ2v) is 5.87. The fourth-order valence-electron chi connectivity index (χ4n) is 3.07. The Morgan fingerprint density at radius 2 is 1.70 bits per heavy atom. The molecule has 0 amide bonds. The van der Waals surface area contributed by atoms with E-state index in [2.05, 4.69) is 27.4 Å². The number of rotatable bonds is 3. The highest BCUT2D eigenvalue weighted by Crippen LogP contribution is 2.33. The Kier molecular flexibility index (Phi) is 3.90. The molecule has 0 radical (unpaired) electrons. The largest absolute Gasteiger partial charge is 0.490 e. The molecule has 0 atom stereocenters. The minimum absolute atomic E-state index is 0.271. The Hall–Kier alpha value is -2.46.